The van der Waals surface area contributed by atoms with Gasteiger partial charge in [-0.2, -0.15) is 5.10 Å². The fourth-order valence-electron chi connectivity index (χ4n) is 4.27. The Labute approximate surface area is 164 Å². The standard InChI is InChI=1S/C23H23N3S/c1-17-10-11-18(27-17)16-24-26-14-12-25(13-15-26)23-21-8-4-2-6-19(21)20-7-3-5-9-22(20)23/h2-11,16,23H,12-15H2,1H3/b24-16+. The zero-order chi connectivity index (χ0) is 18.2. The highest BCUT2D eigenvalue weighted by Crippen LogP contribution is 2.46. The lowest BCUT2D eigenvalue weighted by molar-refractivity contribution is 0.114. The molecule has 3 aromatic rings. The molecule has 5 rings (SSSR count). The van der Waals surface area contributed by atoms with Crippen LogP contribution >= 0.6 is 11.3 Å². The highest BCUT2D eigenvalue weighted by molar-refractivity contribution is 7.13. The number of aryl methyl sites for hydroxylation is 1. The predicted octanol–water partition coefficient (Wildman–Crippen LogP) is 4.78. The molecular weight excluding hydrogens is 350 g/mol. The van der Waals surface area contributed by atoms with E-state index >= 15 is 0 Å². The van der Waals surface area contributed by atoms with Crippen molar-refractivity contribution in [3.63, 3.8) is 0 Å². The van der Waals surface area contributed by atoms with E-state index < -0.39 is 0 Å². The van der Waals surface area contributed by atoms with Crippen LogP contribution in [0, 0.1) is 6.92 Å². The lowest BCUT2D eigenvalue weighted by Gasteiger charge is -2.37. The second-order valence-corrected chi connectivity index (χ2v) is 8.58. The van der Waals surface area contributed by atoms with Crippen molar-refractivity contribution < 1.29 is 0 Å². The first-order chi connectivity index (χ1) is 13.3. The van der Waals surface area contributed by atoms with Gasteiger partial charge >= 0.3 is 0 Å². The number of thiophene rings is 1. The van der Waals surface area contributed by atoms with Crippen molar-refractivity contribution >= 4 is 17.6 Å². The molecule has 4 heteroatoms. The van der Waals surface area contributed by atoms with E-state index in [1.54, 1.807) is 11.3 Å². The summed E-state index contributed by atoms with van der Waals surface area (Å²) in [5, 5.41) is 6.92. The molecule has 0 N–H and O–H groups in total. The van der Waals surface area contributed by atoms with E-state index in [2.05, 4.69) is 77.5 Å². The molecule has 2 aromatic carbocycles. The van der Waals surface area contributed by atoms with Gasteiger partial charge in [-0.25, -0.2) is 0 Å². The number of nitrogens with zero attached hydrogens (tertiary/aromatic N) is 3. The van der Waals surface area contributed by atoms with Gasteiger partial charge < -0.3 is 0 Å². The highest BCUT2D eigenvalue weighted by atomic mass is 32.1. The maximum atomic E-state index is 4.71. The van der Waals surface area contributed by atoms with Crippen LogP contribution in [0.5, 0.6) is 0 Å². The van der Waals surface area contributed by atoms with Gasteiger partial charge in [-0.3, -0.25) is 9.91 Å². The summed E-state index contributed by atoms with van der Waals surface area (Å²) in [6, 6.07) is 22.4. The highest BCUT2D eigenvalue weighted by Gasteiger charge is 2.33. The summed E-state index contributed by atoms with van der Waals surface area (Å²) in [6.07, 6.45) is 2.01. The summed E-state index contributed by atoms with van der Waals surface area (Å²) in [5.41, 5.74) is 5.69. The van der Waals surface area contributed by atoms with Gasteiger partial charge in [0.25, 0.3) is 0 Å². The maximum Gasteiger partial charge on any atom is 0.0642 e. The molecule has 0 saturated carbocycles. The largest absolute Gasteiger partial charge is 0.294 e. The molecule has 0 radical (unpaired) electrons. The number of hydrogen-bond acceptors (Lipinski definition) is 4. The summed E-state index contributed by atoms with van der Waals surface area (Å²) >= 11 is 1.80. The Bertz CT molecular complexity index is 937. The molecule has 1 aromatic heterocycles. The SMILES string of the molecule is Cc1ccc(/C=N/N2CCN(C3c4ccccc4-c4ccccc43)CC2)s1. The second-order valence-electron chi connectivity index (χ2n) is 7.26. The summed E-state index contributed by atoms with van der Waals surface area (Å²) < 4.78 is 0. The topological polar surface area (TPSA) is 18.8 Å². The maximum absolute atomic E-state index is 4.71. The molecule has 136 valence electrons. The molecule has 2 heterocycles. The Kier molecular flexibility index (Phi) is 4.30. The van der Waals surface area contributed by atoms with Crippen LogP contribution in [0.3, 0.4) is 0 Å². The number of fused-ring (bicyclic) bond motifs is 3. The first-order valence-corrected chi connectivity index (χ1v) is 10.4. The average Bonchev–Trinajstić information content (AvgIpc) is 3.28. The van der Waals surface area contributed by atoms with Crippen LogP contribution in [0.4, 0.5) is 0 Å². The van der Waals surface area contributed by atoms with Crippen LogP contribution in [0.25, 0.3) is 11.1 Å². The summed E-state index contributed by atoms with van der Waals surface area (Å²) in [4.78, 5) is 5.18. The van der Waals surface area contributed by atoms with Gasteiger partial charge in [0.15, 0.2) is 0 Å². The van der Waals surface area contributed by atoms with E-state index in [0.717, 1.165) is 26.2 Å². The van der Waals surface area contributed by atoms with Crippen molar-refractivity contribution in [2.24, 2.45) is 5.10 Å². The van der Waals surface area contributed by atoms with Gasteiger partial charge in [-0.1, -0.05) is 48.5 Å². The molecule has 27 heavy (non-hydrogen) atoms. The third-order valence-electron chi connectivity index (χ3n) is 5.57. The van der Waals surface area contributed by atoms with Crippen molar-refractivity contribution in [1.82, 2.24) is 9.91 Å². The minimum atomic E-state index is 0.378. The van der Waals surface area contributed by atoms with Crippen LogP contribution < -0.4 is 0 Å². The first-order valence-electron chi connectivity index (χ1n) is 9.57. The van der Waals surface area contributed by atoms with Crippen molar-refractivity contribution in [3.05, 3.63) is 81.5 Å². The fraction of sp³-hybridized carbons (Fsp3) is 0.261. The van der Waals surface area contributed by atoms with Crippen LogP contribution in [0.2, 0.25) is 0 Å². The number of hydrazone groups is 1. The number of hydrogen-bond donors (Lipinski definition) is 0. The van der Waals surface area contributed by atoms with Gasteiger partial charge in [0.05, 0.1) is 12.3 Å². The van der Waals surface area contributed by atoms with Gasteiger partial charge in [0.1, 0.15) is 0 Å². The minimum Gasteiger partial charge on any atom is -0.294 e. The van der Waals surface area contributed by atoms with Gasteiger partial charge in [0, 0.05) is 35.9 Å². The Balaban J connectivity index is 1.33. The third-order valence-corrected chi connectivity index (χ3v) is 6.50. The molecular formula is C23H23N3S. The normalized spacial score (nSPS) is 17.4. The molecule has 1 aliphatic carbocycles. The Morgan fingerprint density at radius 1 is 0.852 bits per heavy atom. The zero-order valence-electron chi connectivity index (χ0n) is 15.5. The van der Waals surface area contributed by atoms with Crippen LogP contribution in [0.15, 0.2) is 65.8 Å². The Morgan fingerprint density at radius 2 is 1.48 bits per heavy atom. The molecule has 1 fully saturated rings. The van der Waals surface area contributed by atoms with Crippen molar-refractivity contribution in [3.8, 4) is 11.1 Å². The van der Waals surface area contributed by atoms with E-state index in [1.165, 1.54) is 32.0 Å². The molecule has 0 spiro atoms. The number of benzene rings is 2. The average molecular weight is 374 g/mol. The molecule has 0 atom stereocenters. The van der Waals surface area contributed by atoms with Gasteiger partial charge in [-0.15, -0.1) is 11.3 Å². The molecule has 0 unspecified atom stereocenters. The van der Waals surface area contributed by atoms with Crippen LogP contribution in [0.1, 0.15) is 26.9 Å². The summed E-state index contributed by atoms with van der Waals surface area (Å²) in [6.45, 7) is 6.16. The predicted molar refractivity (Wildman–Crippen MR) is 114 cm³/mol. The lowest BCUT2D eigenvalue weighted by Crippen LogP contribution is -2.45. The van der Waals surface area contributed by atoms with Crippen LogP contribution in [-0.4, -0.2) is 42.3 Å². The molecule has 3 nitrogen and oxygen atoms in total. The van der Waals surface area contributed by atoms with Crippen molar-refractivity contribution in [2.45, 2.75) is 13.0 Å². The van der Waals surface area contributed by atoms with E-state index in [1.807, 2.05) is 6.21 Å². The van der Waals surface area contributed by atoms with E-state index in [9.17, 15) is 0 Å². The molecule has 0 amide bonds. The Hall–Kier alpha value is -2.43. The minimum absolute atomic E-state index is 0.378. The lowest BCUT2D eigenvalue weighted by atomic mass is 10.0. The molecule has 1 aliphatic heterocycles. The van der Waals surface area contributed by atoms with E-state index in [0.29, 0.717) is 6.04 Å². The molecule has 1 saturated heterocycles. The smallest absolute Gasteiger partial charge is 0.0642 e. The van der Waals surface area contributed by atoms with Crippen molar-refractivity contribution in [1.29, 1.82) is 0 Å². The first kappa shape index (κ1) is 16.7. The molecule has 2 aliphatic rings. The second kappa shape index (κ2) is 6.95. The van der Waals surface area contributed by atoms with Gasteiger partial charge in [0.2, 0.25) is 0 Å². The Morgan fingerprint density at radius 3 is 2.07 bits per heavy atom. The van der Waals surface area contributed by atoms with E-state index in [4.69, 9.17) is 5.10 Å². The third kappa shape index (κ3) is 3.09. The number of piperazine rings is 1. The molecule has 0 bridgehead atoms. The summed E-state index contributed by atoms with van der Waals surface area (Å²) in [7, 11) is 0. The van der Waals surface area contributed by atoms with Gasteiger partial charge in [-0.05, 0) is 41.3 Å². The summed E-state index contributed by atoms with van der Waals surface area (Å²) in [5.74, 6) is 0. The monoisotopic (exact) mass is 373 g/mol. The number of rotatable bonds is 3. The zero-order valence-corrected chi connectivity index (χ0v) is 16.3. The van der Waals surface area contributed by atoms with E-state index in [-0.39, 0.29) is 0 Å². The van der Waals surface area contributed by atoms with Crippen molar-refractivity contribution in [2.75, 3.05) is 26.2 Å². The fourth-order valence-corrected chi connectivity index (χ4v) is 5.01. The van der Waals surface area contributed by atoms with Crippen LogP contribution in [-0.2, 0) is 0 Å². The quantitative estimate of drug-likeness (QED) is 0.616.